The van der Waals surface area contributed by atoms with Gasteiger partial charge in [-0.2, -0.15) is 25.3 Å². The number of carbonyl (C=O) groups excluding carboxylic acids is 1. The van der Waals surface area contributed by atoms with E-state index in [0.717, 1.165) is 0 Å². The highest BCUT2D eigenvalue weighted by molar-refractivity contribution is 8.19. The van der Waals surface area contributed by atoms with E-state index in [-0.39, 0.29) is 12.8 Å². The third-order valence-corrected chi connectivity index (χ3v) is 4.30. The van der Waals surface area contributed by atoms with Crippen molar-refractivity contribution in [3.8, 4) is 0 Å². The predicted molar refractivity (Wildman–Crippen MR) is 74.5 cm³/mol. The first-order chi connectivity index (χ1) is 7.78. The maximum absolute atomic E-state index is 11.7. The smallest absolute Gasteiger partial charge is 0.269 e. The number of carbonyl (C=O) groups is 1. The number of nitrogens with one attached hydrogen (secondary N) is 1. The minimum Gasteiger partial charge on any atom is -0.322 e. The summed E-state index contributed by atoms with van der Waals surface area (Å²) < 4.78 is 23.4. The van der Waals surface area contributed by atoms with Crippen LogP contribution in [0.4, 0.5) is 0 Å². The lowest BCUT2D eigenvalue weighted by atomic mass is 10.3. The molecule has 0 radical (unpaired) electrons. The van der Waals surface area contributed by atoms with Crippen LogP contribution in [0, 0.1) is 5.41 Å². The van der Waals surface area contributed by atoms with Crippen molar-refractivity contribution in [1.82, 2.24) is 0 Å². The third kappa shape index (κ3) is 4.59. The Hall–Kier alpha value is -0.0900. The molecule has 0 aromatic heterocycles. The zero-order valence-corrected chi connectivity index (χ0v) is 11.8. The fraction of sp³-hybridized carbons (Fsp3) is 0.750. The highest BCUT2D eigenvalue weighted by Crippen LogP contribution is 2.07. The van der Waals surface area contributed by atoms with Crippen LogP contribution in [0.15, 0.2) is 0 Å². The molecule has 9 heteroatoms. The largest absolute Gasteiger partial charge is 0.322 e. The van der Waals surface area contributed by atoms with Crippen molar-refractivity contribution in [2.45, 2.75) is 24.9 Å². The molecule has 0 aliphatic heterocycles. The summed E-state index contributed by atoms with van der Waals surface area (Å²) in [5.74, 6) is 0.619. The Balaban J connectivity index is 4.89. The molecule has 0 fully saturated rings. The van der Waals surface area contributed by atoms with Crippen LogP contribution >= 0.6 is 25.3 Å². The van der Waals surface area contributed by atoms with Crippen LogP contribution < -0.4 is 11.5 Å². The summed E-state index contributed by atoms with van der Waals surface area (Å²) in [5.41, 5.74) is 10.9. The van der Waals surface area contributed by atoms with Gasteiger partial charge in [-0.05, 0) is 24.3 Å². The number of hydrogen-bond acceptors (Lipinski definition) is 8. The van der Waals surface area contributed by atoms with Crippen molar-refractivity contribution >= 4 is 45.3 Å². The Labute approximate surface area is 112 Å². The molecule has 0 aliphatic rings. The molecule has 0 spiro atoms. The Morgan fingerprint density at radius 3 is 1.94 bits per heavy atom. The Morgan fingerprint density at radius 1 is 1.12 bits per heavy atom. The lowest BCUT2D eigenvalue weighted by molar-refractivity contribution is -0.112. The van der Waals surface area contributed by atoms with Gasteiger partial charge in [0.2, 0.25) is 0 Å². The quantitative estimate of drug-likeness (QED) is 0.249. The van der Waals surface area contributed by atoms with Crippen molar-refractivity contribution in [2.24, 2.45) is 11.5 Å². The molecule has 0 bridgehead atoms. The molecule has 0 aromatic carbocycles. The lowest BCUT2D eigenvalue weighted by Crippen LogP contribution is -2.45. The normalized spacial score (nSPS) is 15.3. The second-order valence-electron chi connectivity index (χ2n) is 3.42. The molecule has 0 aromatic rings. The molecule has 0 amide bonds. The lowest BCUT2D eigenvalue weighted by Gasteiger charge is -2.14. The van der Waals surface area contributed by atoms with E-state index in [9.17, 15) is 13.2 Å². The van der Waals surface area contributed by atoms with E-state index in [1.807, 2.05) is 0 Å². The van der Waals surface area contributed by atoms with Crippen LogP contribution in [0.5, 0.6) is 0 Å². The molecule has 5 N–H and O–H groups in total. The Bertz CT molecular complexity index is 353. The molecule has 0 heterocycles. The van der Waals surface area contributed by atoms with Gasteiger partial charge in [-0.15, -0.1) is 0 Å². The monoisotopic (exact) mass is 299 g/mol. The predicted octanol–water partition coefficient (Wildman–Crippen LogP) is -0.801. The van der Waals surface area contributed by atoms with Gasteiger partial charge in [0.15, 0.2) is 0 Å². The molecule has 0 saturated carbocycles. The van der Waals surface area contributed by atoms with Gasteiger partial charge in [-0.1, -0.05) is 0 Å². The van der Waals surface area contributed by atoms with E-state index >= 15 is 0 Å². The molecule has 0 rings (SSSR count). The van der Waals surface area contributed by atoms with Crippen LogP contribution in [0.2, 0.25) is 0 Å². The van der Waals surface area contributed by atoms with Crippen molar-refractivity contribution in [3.05, 3.63) is 0 Å². The molecule has 17 heavy (non-hydrogen) atoms. The number of thiol groups is 2. The maximum Gasteiger partial charge on any atom is 0.269 e. The molecule has 100 valence electrons. The minimum absolute atomic E-state index is 0.135. The second kappa shape index (κ2) is 7.37. The van der Waals surface area contributed by atoms with Crippen molar-refractivity contribution in [1.29, 1.82) is 5.41 Å². The summed E-state index contributed by atoms with van der Waals surface area (Å²) in [4.78, 5) is 11.5. The van der Waals surface area contributed by atoms with E-state index in [1.54, 1.807) is 0 Å². The van der Waals surface area contributed by atoms with Gasteiger partial charge < -0.3 is 11.5 Å². The van der Waals surface area contributed by atoms with Gasteiger partial charge in [0.05, 0.1) is 12.1 Å². The van der Waals surface area contributed by atoms with Crippen LogP contribution in [0.3, 0.4) is 0 Å². The highest BCUT2D eigenvalue weighted by Gasteiger charge is 2.34. The molecule has 0 saturated heterocycles. The fourth-order valence-electron chi connectivity index (χ4n) is 1.03. The molecule has 0 aliphatic carbocycles. The van der Waals surface area contributed by atoms with Crippen molar-refractivity contribution in [2.75, 3.05) is 11.5 Å². The summed E-state index contributed by atoms with van der Waals surface area (Å²) in [6.45, 7) is 0. The first-order valence-corrected chi connectivity index (χ1v) is 7.64. The van der Waals surface area contributed by atoms with Crippen LogP contribution in [-0.4, -0.2) is 42.2 Å². The molecule has 2 atom stereocenters. The van der Waals surface area contributed by atoms with Gasteiger partial charge >= 0.3 is 0 Å². The summed E-state index contributed by atoms with van der Waals surface area (Å²) in [7, 11) is -4.36. The number of hydrogen-bond donors (Lipinski definition) is 5. The van der Waals surface area contributed by atoms with Gasteiger partial charge in [0.1, 0.15) is 5.04 Å². The zero-order chi connectivity index (χ0) is 13.6. The summed E-state index contributed by atoms with van der Waals surface area (Å²) in [6.07, 6.45) is 0.340. The fourth-order valence-corrected chi connectivity index (χ4v) is 2.84. The standard InChI is InChI=1S/C8H17N3O3S3/c9-5(1-3-15)7(11)17(13,14)8(12)6(10)2-4-16/h5-6,11,15-16H,1-4,9-10H2/t5-,6-/m0/s1. The average molecular weight is 299 g/mol. The van der Waals surface area contributed by atoms with Gasteiger partial charge in [-0.3, -0.25) is 10.2 Å². The first-order valence-electron chi connectivity index (χ1n) is 4.89. The maximum atomic E-state index is 11.7. The summed E-state index contributed by atoms with van der Waals surface area (Å²) in [6, 6.07) is -2.19. The van der Waals surface area contributed by atoms with E-state index in [4.69, 9.17) is 16.9 Å². The van der Waals surface area contributed by atoms with Gasteiger partial charge in [-0.25, -0.2) is 8.42 Å². The Morgan fingerprint density at radius 2 is 1.53 bits per heavy atom. The highest BCUT2D eigenvalue weighted by atomic mass is 32.2. The van der Waals surface area contributed by atoms with Crippen molar-refractivity contribution in [3.63, 3.8) is 0 Å². The van der Waals surface area contributed by atoms with E-state index in [0.29, 0.717) is 11.5 Å². The van der Waals surface area contributed by atoms with Crippen LogP contribution in [-0.2, 0) is 14.6 Å². The SMILES string of the molecule is N=C([C@@H](N)CCS)S(=O)(=O)C(=O)[C@@H](N)CCS. The molecule has 6 nitrogen and oxygen atoms in total. The van der Waals surface area contributed by atoms with Crippen LogP contribution in [0.1, 0.15) is 12.8 Å². The molecular weight excluding hydrogens is 282 g/mol. The first kappa shape index (κ1) is 16.9. The van der Waals surface area contributed by atoms with Gasteiger partial charge in [0, 0.05) is 0 Å². The average Bonchev–Trinajstić information content (AvgIpc) is 2.27. The van der Waals surface area contributed by atoms with E-state index in [2.05, 4.69) is 25.3 Å². The Kier molecular flexibility index (Phi) is 7.33. The minimum atomic E-state index is -4.36. The molecular formula is C8H17N3O3S3. The van der Waals surface area contributed by atoms with Crippen molar-refractivity contribution < 1.29 is 13.2 Å². The van der Waals surface area contributed by atoms with Crippen LogP contribution in [0.25, 0.3) is 0 Å². The zero-order valence-electron chi connectivity index (χ0n) is 9.17. The molecule has 0 unspecified atom stereocenters. The van der Waals surface area contributed by atoms with E-state index < -0.39 is 32.1 Å². The number of sulfone groups is 1. The summed E-state index contributed by atoms with van der Waals surface area (Å²) >= 11 is 7.75. The second-order valence-corrected chi connectivity index (χ2v) is 6.17. The van der Waals surface area contributed by atoms with Gasteiger partial charge in [0.25, 0.3) is 15.0 Å². The van der Waals surface area contributed by atoms with E-state index in [1.165, 1.54) is 0 Å². The number of rotatable bonds is 6. The summed E-state index contributed by atoms with van der Waals surface area (Å²) in [5, 5.41) is 5.44. The topological polar surface area (TPSA) is 127 Å². The number of nitrogens with two attached hydrogens (primary N) is 2. The third-order valence-electron chi connectivity index (χ3n) is 2.07.